The van der Waals surface area contributed by atoms with Crippen LogP contribution >= 0.6 is 0 Å². The number of hydrogen-bond donors (Lipinski definition) is 1. The molecule has 0 spiro atoms. The van der Waals surface area contributed by atoms with Gasteiger partial charge in [-0.3, -0.25) is 0 Å². The Morgan fingerprint density at radius 2 is 2.21 bits per heavy atom. The average molecular weight is 273 g/mol. The van der Waals surface area contributed by atoms with E-state index in [9.17, 15) is 13.2 Å². The molecule has 1 N–H and O–H groups in total. The second-order valence-electron chi connectivity index (χ2n) is 4.85. The maximum absolute atomic E-state index is 12.6. The number of likely N-dealkylation sites (N-methyl/N-ethyl adjacent to an activating group) is 1. The van der Waals surface area contributed by atoms with Crippen molar-refractivity contribution in [3.8, 4) is 0 Å². The second kappa shape index (κ2) is 5.92. The van der Waals surface area contributed by atoms with Crippen LogP contribution < -0.4 is 5.32 Å². The third kappa shape index (κ3) is 3.70. The molecule has 106 valence electrons. The Labute approximate surface area is 111 Å². The van der Waals surface area contributed by atoms with E-state index < -0.39 is 11.7 Å². The first-order valence-electron chi connectivity index (χ1n) is 6.45. The van der Waals surface area contributed by atoms with Gasteiger partial charge in [-0.15, -0.1) is 0 Å². The Bertz CT molecular complexity index is 413. The molecule has 1 saturated heterocycles. The topological polar surface area (TPSA) is 21.3 Å². The molecule has 2 unspecified atom stereocenters. The summed E-state index contributed by atoms with van der Waals surface area (Å²) in [7, 11) is 1.82. The van der Waals surface area contributed by atoms with E-state index in [1.54, 1.807) is 6.07 Å². The van der Waals surface area contributed by atoms with Gasteiger partial charge in [0, 0.05) is 12.6 Å². The maximum Gasteiger partial charge on any atom is 0.416 e. The molecule has 1 aromatic carbocycles. The molecule has 19 heavy (non-hydrogen) atoms. The van der Waals surface area contributed by atoms with Crippen molar-refractivity contribution in [1.29, 1.82) is 0 Å². The lowest BCUT2D eigenvalue weighted by Crippen LogP contribution is -2.39. The standard InChI is InChI=1S/C14H18F3NO/c1-18-12(13-6-3-7-19-13)9-10-4-2-5-11(8-10)14(15,16)17/h2,4-5,8,12-13,18H,3,6-7,9H2,1H3. The highest BCUT2D eigenvalue weighted by atomic mass is 19.4. The van der Waals surface area contributed by atoms with Crippen molar-refractivity contribution in [2.75, 3.05) is 13.7 Å². The fourth-order valence-electron chi connectivity index (χ4n) is 2.47. The lowest BCUT2D eigenvalue weighted by atomic mass is 9.98. The average Bonchev–Trinajstić information content (AvgIpc) is 2.89. The van der Waals surface area contributed by atoms with Gasteiger partial charge in [-0.2, -0.15) is 13.2 Å². The van der Waals surface area contributed by atoms with Crippen molar-refractivity contribution in [2.24, 2.45) is 0 Å². The Hall–Kier alpha value is -1.07. The number of benzene rings is 1. The molecule has 5 heteroatoms. The zero-order chi connectivity index (χ0) is 13.9. The molecule has 0 aromatic heterocycles. The summed E-state index contributed by atoms with van der Waals surface area (Å²) in [6, 6.07) is 5.57. The first-order valence-corrected chi connectivity index (χ1v) is 6.45. The monoisotopic (exact) mass is 273 g/mol. The van der Waals surface area contributed by atoms with Gasteiger partial charge in [-0.25, -0.2) is 0 Å². The molecule has 0 aliphatic carbocycles. The smallest absolute Gasteiger partial charge is 0.377 e. The Kier molecular flexibility index (Phi) is 4.47. The first kappa shape index (κ1) is 14.3. The van der Waals surface area contributed by atoms with E-state index in [1.807, 2.05) is 7.05 Å². The van der Waals surface area contributed by atoms with Gasteiger partial charge >= 0.3 is 6.18 Å². The fraction of sp³-hybridized carbons (Fsp3) is 0.571. The number of halogens is 3. The quantitative estimate of drug-likeness (QED) is 0.910. The molecule has 1 fully saturated rings. The van der Waals surface area contributed by atoms with Crippen LogP contribution in [0.3, 0.4) is 0 Å². The minimum atomic E-state index is -4.28. The van der Waals surface area contributed by atoms with Gasteiger partial charge in [-0.05, 0) is 37.9 Å². The SMILES string of the molecule is CNC(Cc1cccc(C(F)(F)F)c1)C1CCCO1. The van der Waals surface area contributed by atoms with Crippen LogP contribution in [0.1, 0.15) is 24.0 Å². The Morgan fingerprint density at radius 3 is 2.79 bits per heavy atom. The van der Waals surface area contributed by atoms with Gasteiger partial charge in [0.2, 0.25) is 0 Å². The highest BCUT2D eigenvalue weighted by Crippen LogP contribution is 2.30. The molecule has 1 aliphatic heterocycles. The lowest BCUT2D eigenvalue weighted by molar-refractivity contribution is -0.137. The van der Waals surface area contributed by atoms with Gasteiger partial charge in [0.15, 0.2) is 0 Å². The summed E-state index contributed by atoms with van der Waals surface area (Å²) in [4.78, 5) is 0. The zero-order valence-electron chi connectivity index (χ0n) is 10.8. The number of nitrogens with one attached hydrogen (secondary N) is 1. The minimum Gasteiger partial charge on any atom is -0.377 e. The highest BCUT2D eigenvalue weighted by molar-refractivity contribution is 5.26. The van der Waals surface area contributed by atoms with Gasteiger partial charge in [0.1, 0.15) is 0 Å². The van der Waals surface area contributed by atoms with Crippen LogP contribution in [0.4, 0.5) is 13.2 Å². The third-order valence-corrected chi connectivity index (χ3v) is 3.49. The number of hydrogen-bond acceptors (Lipinski definition) is 2. The normalized spacial score (nSPS) is 21.6. The van der Waals surface area contributed by atoms with Crippen molar-refractivity contribution in [3.63, 3.8) is 0 Å². The Balaban J connectivity index is 2.09. The van der Waals surface area contributed by atoms with E-state index in [2.05, 4.69) is 5.32 Å². The molecule has 1 aliphatic rings. The van der Waals surface area contributed by atoms with E-state index in [1.165, 1.54) is 12.1 Å². The molecule has 2 rings (SSSR count). The summed E-state index contributed by atoms with van der Waals surface area (Å²) < 4.78 is 43.5. The van der Waals surface area contributed by atoms with Crippen molar-refractivity contribution >= 4 is 0 Å². The van der Waals surface area contributed by atoms with E-state index in [0.717, 1.165) is 25.5 Å². The molecular weight excluding hydrogens is 255 g/mol. The van der Waals surface area contributed by atoms with Crippen LogP contribution in [0.5, 0.6) is 0 Å². The lowest BCUT2D eigenvalue weighted by Gasteiger charge is -2.22. The summed E-state index contributed by atoms with van der Waals surface area (Å²) in [5.74, 6) is 0. The predicted molar refractivity (Wildman–Crippen MR) is 67.0 cm³/mol. The fourth-order valence-corrected chi connectivity index (χ4v) is 2.47. The van der Waals surface area contributed by atoms with Crippen LogP contribution in [0.2, 0.25) is 0 Å². The maximum atomic E-state index is 12.6. The van der Waals surface area contributed by atoms with E-state index in [0.29, 0.717) is 12.0 Å². The second-order valence-corrected chi connectivity index (χ2v) is 4.85. The number of rotatable bonds is 4. The van der Waals surface area contributed by atoms with Crippen molar-refractivity contribution < 1.29 is 17.9 Å². The van der Waals surface area contributed by atoms with Gasteiger partial charge in [-0.1, -0.05) is 18.2 Å². The highest BCUT2D eigenvalue weighted by Gasteiger charge is 2.31. The van der Waals surface area contributed by atoms with Crippen LogP contribution in [-0.2, 0) is 17.3 Å². The minimum absolute atomic E-state index is 0.0611. The van der Waals surface area contributed by atoms with Gasteiger partial charge in [0.05, 0.1) is 11.7 Å². The molecular formula is C14H18F3NO. The van der Waals surface area contributed by atoms with Crippen LogP contribution in [-0.4, -0.2) is 25.8 Å². The van der Waals surface area contributed by atoms with E-state index in [-0.39, 0.29) is 12.1 Å². The number of alkyl halides is 3. The third-order valence-electron chi connectivity index (χ3n) is 3.49. The number of ether oxygens (including phenoxy) is 1. The predicted octanol–water partition coefficient (Wildman–Crippen LogP) is 3.01. The molecule has 0 bridgehead atoms. The van der Waals surface area contributed by atoms with Crippen molar-refractivity contribution in [2.45, 2.75) is 37.6 Å². The van der Waals surface area contributed by atoms with Crippen molar-refractivity contribution in [1.82, 2.24) is 5.32 Å². The molecule has 1 aromatic rings. The Morgan fingerprint density at radius 1 is 1.42 bits per heavy atom. The summed E-state index contributed by atoms with van der Waals surface area (Å²) in [6.07, 6.45) is -1.66. The summed E-state index contributed by atoms with van der Waals surface area (Å²) in [5, 5.41) is 3.14. The molecule has 1 heterocycles. The molecule has 0 saturated carbocycles. The molecule has 2 nitrogen and oxygen atoms in total. The van der Waals surface area contributed by atoms with Gasteiger partial charge in [0.25, 0.3) is 0 Å². The van der Waals surface area contributed by atoms with Crippen LogP contribution in [0, 0.1) is 0 Å². The van der Waals surface area contributed by atoms with E-state index >= 15 is 0 Å². The van der Waals surface area contributed by atoms with Gasteiger partial charge < -0.3 is 10.1 Å². The van der Waals surface area contributed by atoms with Crippen LogP contribution in [0.15, 0.2) is 24.3 Å². The summed E-state index contributed by atoms with van der Waals surface area (Å²) >= 11 is 0. The first-order chi connectivity index (χ1) is 9.00. The summed E-state index contributed by atoms with van der Waals surface area (Å²) in [6.45, 7) is 0.742. The molecule has 0 amide bonds. The van der Waals surface area contributed by atoms with Crippen LogP contribution in [0.25, 0.3) is 0 Å². The molecule has 0 radical (unpaired) electrons. The molecule has 2 atom stereocenters. The van der Waals surface area contributed by atoms with E-state index in [4.69, 9.17) is 4.74 Å². The zero-order valence-corrected chi connectivity index (χ0v) is 10.8. The largest absolute Gasteiger partial charge is 0.416 e. The van der Waals surface area contributed by atoms with Crippen molar-refractivity contribution in [3.05, 3.63) is 35.4 Å². The summed E-state index contributed by atoms with van der Waals surface area (Å²) in [5.41, 5.74) is 0.0943.